The molecule has 5 nitrogen and oxygen atoms in total. The molecule has 3 rings (SSSR count). The molecule has 0 aliphatic rings. The number of aliphatic hydroxyl groups is 1. The van der Waals surface area contributed by atoms with E-state index in [9.17, 15) is 22.7 Å². The summed E-state index contributed by atoms with van der Waals surface area (Å²) in [6, 6.07) is 12.2. The minimum Gasteiger partial charge on any atom is -0.396 e. The van der Waals surface area contributed by atoms with Crippen molar-refractivity contribution in [3.05, 3.63) is 90.0 Å². The van der Waals surface area contributed by atoms with Gasteiger partial charge in [0.2, 0.25) is 0 Å². The molecule has 2 N–H and O–H groups in total. The molecule has 1 aromatic heterocycles. The van der Waals surface area contributed by atoms with Crippen LogP contribution < -0.4 is 5.32 Å². The van der Waals surface area contributed by atoms with Crippen LogP contribution in [0.1, 0.15) is 30.2 Å². The standard InChI is InChI=1S/C27H30F4N4O/c1-18(2)32-25-24(19(3)34(4)14-7-15-36)35(17-20-10-12-22(28)13-11-20)26(33-25)23-9-6-5-8-21(23)16-27(29,30)31/h5-6,8-13,32,36H,1,3,7,14-17H2,2,4H3. The van der Waals surface area contributed by atoms with Crippen LogP contribution in [0.2, 0.25) is 0 Å². The van der Waals surface area contributed by atoms with Crippen molar-refractivity contribution >= 4 is 11.5 Å². The largest absolute Gasteiger partial charge is 0.396 e. The van der Waals surface area contributed by atoms with Crippen molar-refractivity contribution in [3.63, 3.8) is 0 Å². The number of anilines is 1. The van der Waals surface area contributed by atoms with Crippen LogP contribution in [-0.4, -0.2) is 45.9 Å². The van der Waals surface area contributed by atoms with Crippen molar-refractivity contribution in [2.75, 3.05) is 25.5 Å². The Kier molecular flexibility index (Phi) is 8.57. The monoisotopic (exact) mass is 502 g/mol. The van der Waals surface area contributed by atoms with E-state index in [4.69, 9.17) is 4.98 Å². The van der Waals surface area contributed by atoms with Gasteiger partial charge >= 0.3 is 6.18 Å². The van der Waals surface area contributed by atoms with Crippen molar-refractivity contribution in [1.82, 2.24) is 14.5 Å². The second kappa shape index (κ2) is 11.4. The number of imidazole rings is 1. The van der Waals surface area contributed by atoms with Crippen LogP contribution in [0.3, 0.4) is 0 Å². The first-order chi connectivity index (χ1) is 17.0. The number of aliphatic hydroxyl groups excluding tert-OH is 1. The fraction of sp³-hybridized carbons (Fsp3) is 0.296. The molecule has 0 saturated heterocycles. The van der Waals surface area contributed by atoms with Gasteiger partial charge in [-0.2, -0.15) is 13.2 Å². The van der Waals surface area contributed by atoms with Crippen LogP contribution in [0.5, 0.6) is 0 Å². The molecule has 0 aliphatic carbocycles. The summed E-state index contributed by atoms with van der Waals surface area (Å²) in [5.41, 5.74) is 2.85. The van der Waals surface area contributed by atoms with Crippen LogP contribution in [-0.2, 0) is 13.0 Å². The molecule has 2 aromatic carbocycles. The normalized spacial score (nSPS) is 11.4. The Labute approximate surface area is 208 Å². The third kappa shape index (κ3) is 6.75. The van der Waals surface area contributed by atoms with E-state index in [1.165, 1.54) is 18.2 Å². The van der Waals surface area contributed by atoms with Gasteiger partial charge in [0.05, 0.1) is 12.1 Å². The Bertz CT molecular complexity index is 1220. The summed E-state index contributed by atoms with van der Waals surface area (Å²) in [7, 11) is 1.81. The third-order valence-electron chi connectivity index (χ3n) is 5.59. The van der Waals surface area contributed by atoms with Crippen LogP contribution in [0.25, 0.3) is 17.1 Å². The van der Waals surface area contributed by atoms with Gasteiger partial charge in [-0.1, -0.05) is 49.6 Å². The van der Waals surface area contributed by atoms with E-state index in [1.807, 2.05) is 11.9 Å². The summed E-state index contributed by atoms with van der Waals surface area (Å²) in [4.78, 5) is 6.57. The zero-order chi connectivity index (χ0) is 26.5. The Balaban J connectivity index is 2.25. The highest BCUT2D eigenvalue weighted by molar-refractivity contribution is 5.76. The number of nitrogens with one attached hydrogen (secondary N) is 1. The highest BCUT2D eigenvalue weighted by Crippen LogP contribution is 2.36. The lowest BCUT2D eigenvalue weighted by Crippen LogP contribution is -2.21. The van der Waals surface area contributed by atoms with Crippen molar-refractivity contribution in [2.24, 2.45) is 0 Å². The molecule has 36 heavy (non-hydrogen) atoms. The molecule has 0 atom stereocenters. The number of alkyl halides is 3. The van der Waals surface area contributed by atoms with E-state index in [0.29, 0.717) is 47.3 Å². The van der Waals surface area contributed by atoms with E-state index in [1.54, 1.807) is 41.8 Å². The molecule has 0 unspecified atom stereocenters. The molecule has 0 saturated carbocycles. The lowest BCUT2D eigenvalue weighted by atomic mass is 10.0. The van der Waals surface area contributed by atoms with Gasteiger partial charge in [-0.25, -0.2) is 9.37 Å². The minimum absolute atomic E-state index is 0.000593. The molecule has 3 aromatic rings. The number of benzene rings is 2. The summed E-state index contributed by atoms with van der Waals surface area (Å²) in [6.07, 6.45) is -5.01. The Hall–Kier alpha value is -3.59. The lowest BCUT2D eigenvalue weighted by Gasteiger charge is -2.24. The van der Waals surface area contributed by atoms with Gasteiger partial charge in [-0.3, -0.25) is 0 Å². The van der Waals surface area contributed by atoms with E-state index >= 15 is 0 Å². The van der Waals surface area contributed by atoms with Crippen molar-refractivity contribution in [2.45, 2.75) is 32.5 Å². The summed E-state index contributed by atoms with van der Waals surface area (Å²) < 4.78 is 55.6. The van der Waals surface area contributed by atoms with Gasteiger partial charge in [-0.05, 0) is 36.6 Å². The average Bonchev–Trinajstić information content (AvgIpc) is 3.14. The summed E-state index contributed by atoms with van der Waals surface area (Å²) >= 11 is 0. The van der Waals surface area contributed by atoms with E-state index < -0.39 is 18.4 Å². The molecule has 1 heterocycles. The maximum atomic E-state index is 13.6. The first kappa shape index (κ1) is 27.0. The number of allylic oxidation sites excluding steroid dienone is 1. The molecule has 0 aliphatic heterocycles. The number of hydrogen-bond donors (Lipinski definition) is 2. The maximum absolute atomic E-state index is 13.6. The maximum Gasteiger partial charge on any atom is 0.393 e. The molecule has 192 valence electrons. The summed E-state index contributed by atoms with van der Waals surface area (Å²) in [5, 5.41) is 12.4. The average molecular weight is 503 g/mol. The van der Waals surface area contributed by atoms with Gasteiger partial charge in [-0.15, -0.1) is 0 Å². The van der Waals surface area contributed by atoms with E-state index in [0.717, 1.165) is 5.56 Å². The topological polar surface area (TPSA) is 53.3 Å². The number of aromatic nitrogens is 2. The zero-order valence-electron chi connectivity index (χ0n) is 20.4. The third-order valence-corrected chi connectivity index (χ3v) is 5.59. The number of rotatable bonds is 11. The van der Waals surface area contributed by atoms with Gasteiger partial charge in [0.15, 0.2) is 5.82 Å². The molecule has 0 bridgehead atoms. The molecule has 0 amide bonds. The smallest absolute Gasteiger partial charge is 0.393 e. The van der Waals surface area contributed by atoms with Crippen LogP contribution >= 0.6 is 0 Å². The van der Waals surface area contributed by atoms with Crippen LogP contribution in [0.4, 0.5) is 23.4 Å². The molecular weight excluding hydrogens is 472 g/mol. The Morgan fingerprint density at radius 3 is 2.39 bits per heavy atom. The predicted molar refractivity (Wildman–Crippen MR) is 135 cm³/mol. The van der Waals surface area contributed by atoms with E-state index in [-0.39, 0.29) is 18.7 Å². The fourth-order valence-corrected chi connectivity index (χ4v) is 3.90. The second-order valence-corrected chi connectivity index (χ2v) is 8.65. The van der Waals surface area contributed by atoms with Gasteiger partial charge < -0.3 is 19.9 Å². The lowest BCUT2D eigenvalue weighted by molar-refractivity contribution is -0.127. The van der Waals surface area contributed by atoms with Crippen LogP contribution in [0.15, 0.2) is 67.4 Å². The molecule has 9 heteroatoms. The van der Waals surface area contributed by atoms with Crippen molar-refractivity contribution in [1.29, 1.82) is 0 Å². The highest BCUT2D eigenvalue weighted by atomic mass is 19.4. The molecular formula is C27H30F4N4O. The Morgan fingerprint density at radius 1 is 1.11 bits per heavy atom. The predicted octanol–water partition coefficient (Wildman–Crippen LogP) is 6.07. The molecule has 0 fully saturated rings. The second-order valence-electron chi connectivity index (χ2n) is 8.65. The molecule has 0 spiro atoms. The van der Waals surface area contributed by atoms with Gasteiger partial charge in [0.25, 0.3) is 0 Å². The SMILES string of the molecule is C=C(C)Nc1nc(-c2ccccc2CC(F)(F)F)n(Cc2ccc(F)cc2)c1C(=C)N(C)CCCO. The zero-order valence-corrected chi connectivity index (χ0v) is 20.4. The van der Waals surface area contributed by atoms with E-state index in [2.05, 4.69) is 18.5 Å². The first-order valence-electron chi connectivity index (χ1n) is 11.4. The summed E-state index contributed by atoms with van der Waals surface area (Å²) in [5.74, 6) is 0.315. The molecule has 0 radical (unpaired) electrons. The van der Waals surface area contributed by atoms with Crippen molar-refractivity contribution in [3.8, 4) is 11.4 Å². The number of hydrogen-bond acceptors (Lipinski definition) is 4. The summed E-state index contributed by atoms with van der Waals surface area (Å²) in [6.45, 7) is 10.6. The quantitative estimate of drug-likeness (QED) is 0.313. The van der Waals surface area contributed by atoms with Crippen LogP contribution in [0, 0.1) is 5.82 Å². The minimum atomic E-state index is -4.40. The number of nitrogens with zero attached hydrogens (tertiary/aromatic N) is 3. The highest BCUT2D eigenvalue weighted by Gasteiger charge is 2.31. The van der Waals surface area contributed by atoms with Gasteiger partial charge in [0.1, 0.15) is 17.3 Å². The Morgan fingerprint density at radius 2 is 1.78 bits per heavy atom. The van der Waals surface area contributed by atoms with Gasteiger partial charge in [0, 0.05) is 38.0 Å². The fourth-order valence-electron chi connectivity index (χ4n) is 3.90. The first-order valence-corrected chi connectivity index (χ1v) is 11.4. The van der Waals surface area contributed by atoms with Crippen molar-refractivity contribution < 1.29 is 22.7 Å². The number of halogens is 4.